The Kier molecular flexibility index (Phi) is 3.05. The van der Waals surface area contributed by atoms with E-state index in [9.17, 15) is 9.59 Å². The zero-order chi connectivity index (χ0) is 13.3. The van der Waals surface area contributed by atoms with Crippen LogP contribution in [0.15, 0.2) is 15.3 Å². The Hall–Kier alpha value is -2.31. The molecule has 2 aromatic heterocycles. The summed E-state index contributed by atoms with van der Waals surface area (Å²) >= 11 is 0. The predicted molar refractivity (Wildman–Crippen MR) is 63.3 cm³/mol. The molecule has 0 saturated carbocycles. The summed E-state index contributed by atoms with van der Waals surface area (Å²) in [7, 11) is 0. The molecule has 3 N–H and O–H groups in total. The highest BCUT2D eigenvalue weighted by atomic mass is 16.3. The van der Waals surface area contributed by atoms with Crippen molar-refractivity contribution in [3.05, 3.63) is 39.5 Å². The van der Waals surface area contributed by atoms with Gasteiger partial charge in [-0.25, -0.2) is 9.89 Å². The summed E-state index contributed by atoms with van der Waals surface area (Å²) < 4.78 is 5.29. The summed E-state index contributed by atoms with van der Waals surface area (Å²) in [6.45, 7) is 5.23. The van der Waals surface area contributed by atoms with Gasteiger partial charge < -0.3 is 9.73 Å². The number of aromatic amines is 2. The van der Waals surface area contributed by atoms with Crippen LogP contribution < -0.4 is 11.0 Å². The molecular weight excluding hydrogens is 236 g/mol. The number of hydrogen-bond acceptors (Lipinski definition) is 4. The molecule has 0 radical (unpaired) electrons. The van der Waals surface area contributed by atoms with E-state index in [1.165, 1.54) is 0 Å². The predicted octanol–water partition coefficient (Wildman–Crippen LogP) is 0.799. The SMILES string of the molecule is Cc1cc(C(=O)NC(C)c2n[nH]c(=O)[nH]2)c(C)o1. The van der Waals surface area contributed by atoms with Crippen LogP contribution in [0.5, 0.6) is 0 Å². The van der Waals surface area contributed by atoms with Crippen molar-refractivity contribution in [3.63, 3.8) is 0 Å². The first kappa shape index (κ1) is 12.2. The van der Waals surface area contributed by atoms with Crippen LogP contribution in [0.4, 0.5) is 0 Å². The van der Waals surface area contributed by atoms with Gasteiger partial charge in [0.15, 0.2) is 5.82 Å². The van der Waals surface area contributed by atoms with Gasteiger partial charge in [-0.1, -0.05) is 0 Å². The Labute approximate surface area is 103 Å². The average Bonchev–Trinajstić information content (AvgIpc) is 2.84. The second-order valence-electron chi connectivity index (χ2n) is 4.09. The van der Waals surface area contributed by atoms with E-state index in [1.807, 2.05) is 0 Å². The highest BCUT2D eigenvalue weighted by molar-refractivity contribution is 5.95. The lowest BCUT2D eigenvalue weighted by Crippen LogP contribution is -2.27. The van der Waals surface area contributed by atoms with Crippen LogP contribution in [0.2, 0.25) is 0 Å². The fourth-order valence-electron chi connectivity index (χ4n) is 1.69. The molecule has 0 saturated heterocycles. The van der Waals surface area contributed by atoms with Gasteiger partial charge >= 0.3 is 5.69 Å². The van der Waals surface area contributed by atoms with Gasteiger partial charge in [-0.15, -0.1) is 0 Å². The molecule has 18 heavy (non-hydrogen) atoms. The molecule has 1 unspecified atom stereocenters. The van der Waals surface area contributed by atoms with Gasteiger partial charge in [-0.3, -0.25) is 9.78 Å². The van der Waals surface area contributed by atoms with Crippen molar-refractivity contribution in [1.29, 1.82) is 0 Å². The van der Waals surface area contributed by atoms with E-state index in [0.717, 1.165) is 0 Å². The van der Waals surface area contributed by atoms with E-state index in [4.69, 9.17) is 4.42 Å². The number of hydrogen-bond donors (Lipinski definition) is 3. The maximum absolute atomic E-state index is 12.0. The van der Waals surface area contributed by atoms with Gasteiger partial charge in [-0.05, 0) is 26.8 Å². The summed E-state index contributed by atoms with van der Waals surface area (Å²) in [6.07, 6.45) is 0. The van der Waals surface area contributed by atoms with E-state index >= 15 is 0 Å². The zero-order valence-electron chi connectivity index (χ0n) is 10.3. The lowest BCUT2D eigenvalue weighted by molar-refractivity contribution is 0.0937. The first-order valence-corrected chi connectivity index (χ1v) is 5.50. The quantitative estimate of drug-likeness (QED) is 0.749. The van der Waals surface area contributed by atoms with Crippen molar-refractivity contribution in [2.45, 2.75) is 26.8 Å². The minimum absolute atomic E-state index is 0.263. The van der Waals surface area contributed by atoms with Crippen LogP contribution in [-0.4, -0.2) is 21.1 Å². The first-order valence-electron chi connectivity index (χ1n) is 5.50. The zero-order valence-corrected chi connectivity index (χ0v) is 10.3. The molecule has 2 rings (SSSR count). The lowest BCUT2D eigenvalue weighted by Gasteiger charge is -2.09. The Balaban J connectivity index is 2.12. The normalized spacial score (nSPS) is 12.4. The molecule has 2 aromatic rings. The van der Waals surface area contributed by atoms with Crippen molar-refractivity contribution in [3.8, 4) is 0 Å². The molecule has 7 heteroatoms. The second-order valence-corrected chi connectivity index (χ2v) is 4.09. The third kappa shape index (κ3) is 2.34. The van der Waals surface area contributed by atoms with Crippen LogP contribution in [0.1, 0.15) is 40.7 Å². The lowest BCUT2D eigenvalue weighted by atomic mass is 10.2. The Morgan fingerprint density at radius 2 is 2.22 bits per heavy atom. The smallest absolute Gasteiger partial charge is 0.340 e. The van der Waals surface area contributed by atoms with Crippen LogP contribution in [0.25, 0.3) is 0 Å². The number of nitrogens with one attached hydrogen (secondary N) is 3. The molecule has 0 aliphatic heterocycles. The van der Waals surface area contributed by atoms with Gasteiger partial charge in [0, 0.05) is 0 Å². The molecule has 0 aliphatic rings. The van der Waals surface area contributed by atoms with E-state index in [-0.39, 0.29) is 5.91 Å². The maximum Gasteiger partial charge on any atom is 0.340 e. The third-order valence-corrected chi connectivity index (χ3v) is 2.56. The maximum atomic E-state index is 12.0. The molecule has 0 aliphatic carbocycles. The fourth-order valence-corrected chi connectivity index (χ4v) is 1.69. The molecule has 7 nitrogen and oxygen atoms in total. The van der Waals surface area contributed by atoms with Gasteiger partial charge in [0.1, 0.15) is 11.5 Å². The molecule has 0 spiro atoms. The number of H-pyrrole nitrogens is 2. The van der Waals surface area contributed by atoms with Crippen LogP contribution >= 0.6 is 0 Å². The summed E-state index contributed by atoms with van der Waals surface area (Å²) in [5.74, 6) is 1.36. The summed E-state index contributed by atoms with van der Waals surface area (Å²) in [5, 5.41) is 8.73. The molecule has 96 valence electrons. The molecule has 1 amide bonds. The van der Waals surface area contributed by atoms with Crippen LogP contribution in [0.3, 0.4) is 0 Å². The molecule has 0 aromatic carbocycles. The van der Waals surface area contributed by atoms with Crippen LogP contribution in [0, 0.1) is 13.8 Å². The van der Waals surface area contributed by atoms with E-state index in [0.29, 0.717) is 22.9 Å². The number of carbonyl (C=O) groups excluding carboxylic acids is 1. The Morgan fingerprint density at radius 3 is 2.72 bits per heavy atom. The van der Waals surface area contributed by atoms with Crippen molar-refractivity contribution >= 4 is 5.91 Å². The number of aryl methyl sites for hydroxylation is 2. The minimum Gasteiger partial charge on any atom is -0.466 e. The summed E-state index contributed by atoms with van der Waals surface area (Å²) in [5.41, 5.74) is 0.0821. The molecule has 0 bridgehead atoms. The third-order valence-electron chi connectivity index (χ3n) is 2.56. The highest BCUT2D eigenvalue weighted by Crippen LogP contribution is 2.14. The van der Waals surface area contributed by atoms with Crippen LogP contribution in [-0.2, 0) is 0 Å². The first-order chi connectivity index (χ1) is 8.47. The van der Waals surface area contributed by atoms with Gasteiger partial charge in [0.05, 0.1) is 11.6 Å². The molecule has 2 heterocycles. The largest absolute Gasteiger partial charge is 0.466 e. The second kappa shape index (κ2) is 4.52. The minimum atomic E-state index is -0.401. The number of nitrogens with zero attached hydrogens (tertiary/aromatic N) is 1. The summed E-state index contributed by atoms with van der Waals surface area (Å²) in [6, 6.07) is 1.27. The Bertz CT molecular complexity index is 622. The number of carbonyl (C=O) groups is 1. The standard InChI is InChI=1S/C11H14N4O3/c1-5-4-8(7(3)18-5)10(16)12-6(2)9-13-11(17)15-14-9/h4,6H,1-3H3,(H,12,16)(H2,13,14,15,17). The molecule has 1 atom stereocenters. The highest BCUT2D eigenvalue weighted by Gasteiger charge is 2.17. The Morgan fingerprint density at radius 1 is 1.50 bits per heavy atom. The number of amides is 1. The van der Waals surface area contributed by atoms with Gasteiger partial charge in [0.2, 0.25) is 0 Å². The number of aromatic nitrogens is 3. The number of rotatable bonds is 3. The monoisotopic (exact) mass is 250 g/mol. The van der Waals surface area contributed by atoms with E-state index in [2.05, 4.69) is 20.5 Å². The summed E-state index contributed by atoms with van der Waals surface area (Å²) in [4.78, 5) is 25.4. The van der Waals surface area contributed by atoms with E-state index in [1.54, 1.807) is 26.8 Å². The van der Waals surface area contributed by atoms with Gasteiger partial charge in [-0.2, -0.15) is 5.10 Å². The topological polar surface area (TPSA) is 104 Å². The fraction of sp³-hybridized carbons (Fsp3) is 0.364. The van der Waals surface area contributed by atoms with Crippen molar-refractivity contribution < 1.29 is 9.21 Å². The van der Waals surface area contributed by atoms with Gasteiger partial charge in [0.25, 0.3) is 5.91 Å². The molecule has 0 fully saturated rings. The number of furan rings is 1. The van der Waals surface area contributed by atoms with Crippen molar-refractivity contribution in [2.75, 3.05) is 0 Å². The van der Waals surface area contributed by atoms with Crippen molar-refractivity contribution in [1.82, 2.24) is 20.5 Å². The molecular formula is C11H14N4O3. The van der Waals surface area contributed by atoms with E-state index < -0.39 is 11.7 Å². The average molecular weight is 250 g/mol. The van der Waals surface area contributed by atoms with Crippen molar-refractivity contribution in [2.24, 2.45) is 0 Å².